The highest BCUT2D eigenvalue weighted by Gasteiger charge is 2.34. The molecule has 1 unspecified atom stereocenters. The lowest BCUT2D eigenvalue weighted by molar-refractivity contribution is -0.146. The molecule has 0 radical (unpaired) electrons. The third kappa shape index (κ3) is 2.59. The van der Waals surface area contributed by atoms with Crippen LogP contribution in [0.3, 0.4) is 0 Å². The highest BCUT2D eigenvalue weighted by Crippen LogP contribution is 2.24. The SMILES string of the molecule is CCc1nn(C)c(CN2C(=O)CNC(=O)C2CC)c1Br. The van der Waals surface area contributed by atoms with Crippen LogP contribution in [-0.4, -0.2) is 39.1 Å². The van der Waals surface area contributed by atoms with Crippen LogP contribution in [0.1, 0.15) is 31.7 Å². The van der Waals surface area contributed by atoms with Gasteiger partial charge in [-0.25, -0.2) is 0 Å². The minimum atomic E-state index is -0.400. The lowest BCUT2D eigenvalue weighted by Gasteiger charge is -2.34. The first-order chi connectivity index (χ1) is 9.49. The second-order valence-electron chi connectivity index (χ2n) is 4.85. The number of nitrogens with zero attached hydrogens (tertiary/aromatic N) is 3. The number of hydrogen-bond donors (Lipinski definition) is 1. The molecule has 1 aromatic rings. The van der Waals surface area contributed by atoms with Gasteiger partial charge in [-0.05, 0) is 28.8 Å². The van der Waals surface area contributed by atoms with Crippen LogP contribution in [0, 0.1) is 0 Å². The van der Waals surface area contributed by atoms with E-state index in [-0.39, 0.29) is 18.4 Å². The number of nitrogens with one attached hydrogen (secondary N) is 1. The molecular formula is C13H19BrN4O2. The van der Waals surface area contributed by atoms with E-state index in [1.165, 1.54) is 0 Å². The number of aromatic nitrogens is 2. The third-order valence-corrected chi connectivity index (χ3v) is 4.54. The van der Waals surface area contributed by atoms with Gasteiger partial charge in [-0.3, -0.25) is 14.3 Å². The molecule has 0 saturated carbocycles. The molecule has 110 valence electrons. The van der Waals surface area contributed by atoms with Gasteiger partial charge in [-0.2, -0.15) is 5.10 Å². The molecule has 2 amide bonds. The predicted octanol–water partition coefficient (Wildman–Crippen LogP) is 0.982. The summed E-state index contributed by atoms with van der Waals surface area (Å²) < 4.78 is 2.70. The molecule has 2 heterocycles. The molecule has 0 bridgehead atoms. The maximum absolute atomic E-state index is 12.1. The highest BCUT2D eigenvalue weighted by atomic mass is 79.9. The van der Waals surface area contributed by atoms with E-state index in [4.69, 9.17) is 0 Å². The van der Waals surface area contributed by atoms with E-state index < -0.39 is 6.04 Å². The number of hydrogen-bond acceptors (Lipinski definition) is 3. The van der Waals surface area contributed by atoms with Crippen molar-refractivity contribution < 1.29 is 9.59 Å². The molecule has 1 aliphatic rings. The standard InChI is InChI=1S/C13H19BrN4O2/c1-4-8-12(14)10(17(3)16-8)7-18-9(5-2)13(20)15-6-11(18)19/h9H,4-7H2,1-3H3,(H,15,20). The quantitative estimate of drug-likeness (QED) is 0.886. The Morgan fingerprint density at radius 3 is 2.65 bits per heavy atom. The van der Waals surface area contributed by atoms with Gasteiger partial charge in [0, 0.05) is 7.05 Å². The molecule has 0 spiro atoms. The fraction of sp³-hybridized carbons (Fsp3) is 0.615. The molecule has 20 heavy (non-hydrogen) atoms. The Kier molecular flexibility index (Phi) is 4.47. The second kappa shape index (κ2) is 5.95. The Morgan fingerprint density at radius 1 is 1.40 bits per heavy atom. The molecule has 1 saturated heterocycles. The van der Waals surface area contributed by atoms with Crippen LogP contribution >= 0.6 is 15.9 Å². The normalized spacial score (nSPS) is 19.4. The van der Waals surface area contributed by atoms with Crippen molar-refractivity contribution in [3.8, 4) is 0 Å². The summed E-state index contributed by atoms with van der Waals surface area (Å²) in [6, 6.07) is -0.400. The summed E-state index contributed by atoms with van der Waals surface area (Å²) in [5.41, 5.74) is 1.88. The van der Waals surface area contributed by atoms with Gasteiger partial charge in [0.05, 0.1) is 29.0 Å². The Morgan fingerprint density at radius 2 is 2.10 bits per heavy atom. The van der Waals surface area contributed by atoms with Crippen molar-refractivity contribution >= 4 is 27.7 Å². The molecule has 7 heteroatoms. The van der Waals surface area contributed by atoms with Gasteiger partial charge in [-0.15, -0.1) is 0 Å². The van der Waals surface area contributed by atoms with Crippen LogP contribution in [0.4, 0.5) is 0 Å². The van der Waals surface area contributed by atoms with Crippen molar-refractivity contribution in [3.63, 3.8) is 0 Å². The number of carbonyl (C=O) groups is 2. The smallest absolute Gasteiger partial charge is 0.243 e. The lowest BCUT2D eigenvalue weighted by atomic mass is 10.1. The molecule has 6 nitrogen and oxygen atoms in total. The minimum Gasteiger partial charge on any atom is -0.345 e. The summed E-state index contributed by atoms with van der Waals surface area (Å²) in [5.74, 6) is -0.135. The minimum absolute atomic E-state index is 0.0531. The highest BCUT2D eigenvalue weighted by molar-refractivity contribution is 9.10. The first-order valence-corrected chi connectivity index (χ1v) is 7.56. The average molecular weight is 343 g/mol. The van der Waals surface area contributed by atoms with Gasteiger partial charge in [0.1, 0.15) is 6.04 Å². The van der Waals surface area contributed by atoms with Crippen LogP contribution in [0.2, 0.25) is 0 Å². The van der Waals surface area contributed by atoms with E-state index in [1.54, 1.807) is 9.58 Å². The van der Waals surface area contributed by atoms with E-state index in [0.717, 1.165) is 22.3 Å². The van der Waals surface area contributed by atoms with Gasteiger partial charge in [-0.1, -0.05) is 13.8 Å². The van der Waals surface area contributed by atoms with Crippen LogP contribution < -0.4 is 5.32 Å². The van der Waals surface area contributed by atoms with Crippen LogP contribution in [0.5, 0.6) is 0 Å². The lowest BCUT2D eigenvalue weighted by Crippen LogP contribution is -2.57. The number of carbonyl (C=O) groups excluding carboxylic acids is 2. The number of piperazine rings is 1. The number of halogens is 1. The first-order valence-electron chi connectivity index (χ1n) is 6.77. The number of amides is 2. The molecule has 1 N–H and O–H groups in total. The zero-order valence-electron chi connectivity index (χ0n) is 11.9. The topological polar surface area (TPSA) is 67.2 Å². The fourth-order valence-corrected chi connectivity index (χ4v) is 3.20. The van der Waals surface area contributed by atoms with Gasteiger partial charge in [0.25, 0.3) is 0 Å². The monoisotopic (exact) mass is 342 g/mol. The number of rotatable bonds is 4. The van der Waals surface area contributed by atoms with Crippen molar-refractivity contribution in [2.75, 3.05) is 6.54 Å². The first kappa shape index (κ1) is 15.0. The van der Waals surface area contributed by atoms with E-state index in [9.17, 15) is 9.59 Å². The van der Waals surface area contributed by atoms with E-state index in [2.05, 4.69) is 26.3 Å². The molecule has 1 fully saturated rings. The molecule has 2 rings (SSSR count). The summed E-state index contributed by atoms with van der Waals surface area (Å²) in [7, 11) is 1.86. The molecular weight excluding hydrogens is 324 g/mol. The van der Waals surface area contributed by atoms with Crippen LogP contribution in [0.15, 0.2) is 4.47 Å². The Labute approximate surface area is 126 Å². The van der Waals surface area contributed by atoms with Crippen molar-refractivity contribution in [1.82, 2.24) is 20.0 Å². The maximum atomic E-state index is 12.1. The molecule has 0 aromatic carbocycles. The molecule has 1 aliphatic heterocycles. The maximum Gasteiger partial charge on any atom is 0.243 e. The third-order valence-electron chi connectivity index (χ3n) is 3.62. The summed E-state index contributed by atoms with van der Waals surface area (Å²) in [6.45, 7) is 4.41. The van der Waals surface area contributed by atoms with E-state index in [1.807, 2.05) is 20.9 Å². The van der Waals surface area contributed by atoms with Crippen LogP contribution in [-0.2, 0) is 29.6 Å². The fourth-order valence-electron chi connectivity index (χ4n) is 2.45. The summed E-state index contributed by atoms with van der Waals surface area (Å²) >= 11 is 3.54. The second-order valence-corrected chi connectivity index (χ2v) is 5.64. The van der Waals surface area contributed by atoms with E-state index >= 15 is 0 Å². The summed E-state index contributed by atoms with van der Waals surface area (Å²) in [4.78, 5) is 25.6. The van der Waals surface area contributed by atoms with Crippen molar-refractivity contribution in [1.29, 1.82) is 0 Å². The van der Waals surface area contributed by atoms with Crippen molar-refractivity contribution in [3.05, 3.63) is 15.9 Å². The van der Waals surface area contributed by atoms with Gasteiger partial charge in [0.15, 0.2) is 0 Å². The molecule has 1 aromatic heterocycles. The van der Waals surface area contributed by atoms with Crippen LogP contribution in [0.25, 0.3) is 0 Å². The van der Waals surface area contributed by atoms with Gasteiger partial charge in [0.2, 0.25) is 11.8 Å². The zero-order valence-corrected chi connectivity index (χ0v) is 13.5. The van der Waals surface area contributed by atoms with Gasteiger partial charge >= 0.3 is 0 Å². The molecule has 0 aliphatic carbocycles. The predicted molar refractivity (Wildman–Crippen MR) is 77.9 cm³/mol. The molecule has 1 atom stereocenters. The zero-order chi connectivity index (χ0) is 14.9. The largest absolute Gasteiger partial charge is 0.345 e. The summed E-state index contributed by atoms with van der Waals surface area (Å²) in [6.07, 6.45) is 1.42. The van der Waals surface area contributed by atoms with Crippen molar-refractivity contribution in [2.24, 2.45) is 7.05 Å². The number of aryl methyl sites for hydroxylation is 2. The summed E-state index contributed by atoms with van der Waals surface area (Å²) in [5, 5.41) is 7.05. The Hall–Kier alpha value is -1.37. The average Bonchev–Trinajstić information content (AvgIpc) is 2.70. The van der Waals surface area contributed by atoms with Crippen molar-refractivity contribution in [2.45, 2.75) is 39.3 Å². The Bertz CT molecular complexity index is 541. The Balaban J connectivity index is 2.29. The van der Waals surface area contributed by atoms with Gasteiger partial charge < -0.3 is 10.2 Å². The van der Waals surface area contributed by atoms with E-state index in [0.29, 0.717) is 13.0 Å².